The van der Waals surface area contributed by atoms with Gasteiger partial charge in [0.15, 0.2) is 0 Å². The number of fused-ring (bicyclic) bond motifs is 1. The van der Waals surface area contributed by atoms with Gasteiger partial charge >= 0.3 is 5.82 Å². The second-order valence-electron chi connectivity index (χ2n) is 5.26. The van der Waals surface area contributed by atoms with Crippen LogP contribution in [0.25, 0.3) is 4.96 Å². The van der Waals surface area contributed by atoms with Crippen LogP contribution in [0.3, 0.4) is 0 Å². The first kappa shape index (κ1) is 16.2. The molecule has 9 heteroatoms. The smallest absolute Gasteiger partial charge is 0.372 e. The fourth-order valence-corrected chi connectivity index (χ4v) is 2.95. The van der Waals surface area contributed by atoms with Crippen molar-refractivity contribution in [2.24, 2.45) is 0 Å². The van der Waals surface area contributed by atoms with Gasteiger partial charge in [-0.1, -0.05) is 23.5 Å². The molecule has 8 nitrogen and oxygen atoms in total. The molecule has 1 unspecified atom stereocenters. The van der Waals surface area contributed by atoms with Gasteiger partial charge in [-0.05, 0) is 29.5 Å². The fraction of sp³-hybridized carbons (Fsp3) is 0.267. The Kier molecular flexibility index (Phi) is 4.63. The minimum absolute atomic E-state index is 0.0759. The number of imidazole rings is 1. The second kappa shape index (κ2) is 6.85. The van der Waals surface area contributed by atoms with Crippen molar-refractivity contribution in [2.75, 3.05) is 18.5 Å². The summed E-state index contributed by atoms with van der Waals surface area (Å²) in [4.78, 5) is 15.4. The number of nitro groups is 1. The molecule has 1 aromatic carbocycles. The molecule has 0 saturated carbocycles. The molecule has 0 amide bonds. The first-order chi connectivity index (χ1) is 11.5. The van der Waals surface area contributed by atoms with Crippen LogP contribution in [-0.2, 0) is 0 Å². The highest BCUT2D eigenvalue weighted by atomic mass is 32.1. The van der Waals surface area contributed by atoms with Gasteiger partial charge in [0.25, 0.3) is 4.96 Å². The highest BCUT2D eigenvalue weighted by Gasteiger charge is 2.23. The van der Waals surface area contributed by atoms with Crippen LogP contribution < -0.4 is 10.1 Å². The molecule has 2 aromatic heterocycles. The average Bonchev–Trinajstić information content (AvgIpc) is 3.10. The molecule has 0 radical (unpaired) electrons. The predicted octanol–water partition coefficient (Wildman–Crippen LogP) is 2.46. The number of nitrogens with zero attached hydrogens (tertiary/aromatic N) is 3. The molecule has 3 rings (SSSR count). The van der Waals surface area contributed by atoms with Crippen LogP contribution in [0.1, 0.15) is 5.56 Å². The van der Waals surface area contributed by atoms with Gasteiger partial charge in [-0.3, -0.25) is 0 Å². The maximum atomic E-state index is 11.2. The number of benzene rings is 1. The summed E-state index contributed by atoms with van der Waals surface area (Å²) in [7, 11) is 0. The summed E-state index contributed by atoms with van der Waals surface area (Å²) in [5.74, 6) is 0.669. The van der Waals surface area contributed by atoms with E-state index < -0.39 is 11.0 Å². The van der Waals surface area contributed by atoms with E-state index in [4.69, 9.17) is 4.74 Å². The monoisotopic (exact) mass is 348 g/mol. The lowest BCUT2D eigenvalue weighted by Gasteiger charge is -2.13. The van der Waals surface area contributed by atoms with Crippen molar-refractivity contribution < 1.29 is 14.8 Å². The Balaban J connectivity index is 1.60. The van der Waals surface area contributed by atoms with Gasteiger partial charge in [0.1, 0.15) is 24.7 Å². The number of thiazole rings is 1. The zero-order valence-electron chi connectivity index (χ0n) is 12.9. The Morgan fingerprint density at radius 1 is 1.54 bits per heavy atom. The number of hydrogen-bond acceptors (Lipinski definition) is 7. The van der Waals surface area contributed by atoms with Crippen molar-refractivity contribution in [3.8, 4) is 5.75 Å². The standard InChI is InChI=1S/C15H16N4O4S/c1-10-3-2-4-12(7-10)23-9-11(20)8-16-13-14(19(21)22)18-5-6-24-15(18)17-13/h2-7,11,16,20H,8-9H2,1H3. The zero-order valence-corrected chi connectivity index (χ0v) is 13.7. The largest absolute Gasteiger partial charge is 0.491 e. The van der Waals surface area contributed by atoms with E-state index in [0.29, 0.717) is 10.7 Å². The van der Waals surface area contributed by atoms with Crippen molar-refractivity contribution in [1.82, 2.24) is 9.38 Å². The normalized spacial score (nSPS) is 12.2. The van der Waals surface area contributed by atoms with Crippen molar-refractivity contribution in [1.29, 1.82) is 0 Å². The van der Waals surface area contributed by atoms with E-state index in [1.165, 1.54) is 15.7 Å². The van der Waals surface area contributed by atoms with Crippen LogP contribution in [0.15, 0.2) is 35.8 Å². The maximum absolute atomic E-state index is 11.2. The van der Waals surface area contributed by atoms with E-state index in [1.54, 1.807) is 11.6 Å². The molecule has 3 aromatic rings. The number of nitrogens with one attached hydrogen (secondary N) is 1. The summed E-state index contributed by atoms with van der Waals surface area (Å²) >= 11 is 1.30. The van der Waals surface area contributed by atoms with Gasteiger partial charge in [-0.15, -0.1) is 0 Å². The number of aliphatic hydroxyl groups excluding tert-OH is 1. The fourth-order valence-electron chi connectivity index (χ4n) is 2.24. The number of aryl methyl sites for hydroxylation is 1. The molecule has 0 fully saturated rings. The molecular weight excluding hydrogens is 332 g/mol. The van der Waals surface area contributed by atoms with Crippen molar-refractivity contribution in [2.45, 2.75) is 13.0 Å². The van der Waals surface area contributed by atoms with Crippen molar-refractivity contribution >= 4 is 27.9 Å². The Hall–Kier alpha value is -2.65. The van der Waals surface area contributed by atoms with Crippen LogP contribution in [-0.4, -0.2) is 38.7 Å². The molecule has 24 heavy (non-hydrogen) atoms. The first-order valence-corrected chi connectivity index (χ1v) is 8.14. The lowest BCUT2D eigenvalue weighted by Crippen LogP contribution is -2.26. The number of anilines is 1. The highest BCUT2D eigenvalue weighted by Crippen LogP contribution is 2.27. The summed E-state index contributed by atoms with van der Waals surface area (Å²) in [6.07, 6.45) is 0.762. The molecule has 0 saturated heterocycles. The number of hydrogen-bond donors (Lipinski definition) is 2. The molecule has 2 heterocycles. The lowest BCUT2D eigenvalue weighted by molar-refractivity contribution is -0.389. The molecule has 0 aliphatic heterocycles. The van der Waals surface area contributed by atoms with Gasteiger partial charge in [0.2, 0.25) is 5.82 Å². The SMILES string of the molecule is Cc1cccc(OCC(O)CNc2nc3sccn3c2[N+](=O)[O-])c1. The van der Waals surface area contributed by atoms with Gasteiger partial charge in [-0.2, -0.15) is 9.38 Å². The number of aromatic nitrogens is 2. The van der Waals surface area contributed by atoms with E-state index in [0.717, 1.165) is 5.56 Å². The van der Waals surface area contributed by atoms with Gasteiger partial charge in [0.05, 0.1) is 0 Å². The van der Waals surface area contributed by atoms with E-state index in [-0.39, 0.29) is 24.8 Å². The third-order valence-electron chi connectivity index (χ3n) is 3.35. The topological polar surface area (TPSA) is 102 Å². The van der Waals surface area contributed by atoms with Crippen LogP contribution in [0, 0.1) is 17.0 Å². The van der Waals surface area contributed by atoms with Gasteiger partial charge < -0.3 is 25.3 Å². The summed E-state index contributed by atoms with van der Waals surface area (Å²) in [6.45, 7) is 2.12. The van der Waals surface area contributed by atoms with Crippen LogP contribution in [0.2, 0.25) is 0 Å². The maximum Gasteiger partial charge on any atom is 0.372 e. The lowest BCUT2D eigenvalue weighted by atomic mass is 10.2. The minimum atomic E-state index is -0.829. The Bertz CT molecular complexity index is 860. The van der Waals surface area contributed by atoms with Gasteiger partial charge in [0, 0.05) is 11.9 Å². The minimum Gasteiger partial charge on any atom is -0.491 e. The molecule has 0 spiro atoms. The predicted molar refractivity (Wildman–Crippen MR) is 90.9 cm³/mol. The molecule has 0 aliphatic carbocycles. The van der Waals surface area contributed by atoms with Crippen molar-refractivity contribution in [3.63, 3.8) is 0 Å². The Morgan fingerprint density at radius 2 is 2.38 bits per heavy atom. The summed E-state index contributed by atoms with van der Waals surface area (Å²) in [5.41, 5.74) is 1.06. The van der Waals surface area contributed by atoms with E-state index in [9.17, 15) is 15.2 Å². The molecule has 1 atom stereocenters. The number of aliphatic hydroxyl groups is 1. The quantitative estimate of drug-likeness (QED) is 0.502. The van der Waals surface area contributed by atoms with Crippen LogP contribution in [0.5, 0.6) is 5.75 Å². The second-order valence-corrected chi connectivity index (χ2v) is 6.13. The first-order valence-electron chi connectivity index (χ1n) is 7.26. The van der Waals surface area contributed by atoms with E-state index in [1.807, 2.05) is 31.2 Å². The summed E-state index contributed by atoms with van der Waals surface area (Å²) in [6, 6.07) is 7.50. The molecule has 0 bridgehead atoms. The van der Waals surface area contributed by atoms with Crippen molar-refractivity contribution in [3.05, 3.63) is 51.5 Å². The molecule has 0 aliphatic rings. The summed E-state index contributed by atoms with van der Waals surface area (Å²) < 4.78 is 6.92. The third-order valence-corrected chi connectivity index (χ3v) is 4.10. The average molecular weight is 348 g/mol. The molecule has 126 valence electrons. The molecule has 2 N–H and O–H groups in total. The van der Waals surface area contributed by atoms with Gasteiger partial charge in [-0.25, -0.2) is 0 Å². The summed E-state index contributed by atoms with van der Waals surface area (Å²) in [5, 5.41) is 25.8. The van der Waals surface area contributed by atoms with Crippen LogP contribution >= 0.6 is 11.3 Å². The Morgan fingerprint density at radius 3 is 3.12 bits per heavy atom. The van der Waals surface area contributed by atoms with E-state index in [2.05, 4.69) is 10.3 Å². The number of ether oxygens (including phenoxy) is 1. The zero-order chi connectivity index (χ0) is 17.1. The Labute approximate surface area is 141 Å². The third kappa shape index (κ3) is 3.47. The number of rotatable bonds is 7. The highest BCUT2D eigenvalue weighted by molar-refractivity contribution is 7.15. The van der Waals surface area contributed by atoms with E-state index >= 15 is 0 Å². The molecular formula is C15H16N4O4S. The van der Waals surface area contributed by atoms with Crippen LogP contribution in [0.4, 0.5) is 11.6 Å².